The molecule has 0 saturated heterocycles. The lowest BCUT2D eigenvalue weighted by atomic mass is 9.98. The molecule has 2 N–H and O–H groups in total. The smallest absolute Gasteiger partial charge is 0.273 e. The van der Waals surface area contributed by atoms with E-state index in [9.17, 15) is 4.79 Å². The Bertz CT molecular complexity index is 580. The zero-order chi connectivity index (χ0) is 12.5. The molecule has 2 aromatic rings. The summed E-state index contributed by atoms with van der Waals surface area (Å²) in [7, 11) is 0. The zero-order valence-electron chi connectivity index (χ0n) is 9.80. The normalized spacial score (nSPS) is 14.3. The number of amides is 1. The van der Waals surface area contributed by atoms with Crippen molar-refractivity contribution in [2.75, 3.05) is 12.3 Å². The van der Waals surface area contributed by atoms with Gasteiger partial charge >= 0.3 is 0 Å². The standard InChI is InChI=1S/C13H13N3OS/c14-11-3-1-2-9-6-16(5-4-10(9)11)13(17)12-7-18-8-15-12/h1-3,7-8H,4-6,14H2. The van der Waals surface area contributed by atoms with E-state index >= 15 is 0 Å². The Labute approximate surface area is 109 Å². The number of thiazole rings is 1. The molecular weight excluding hydrogens is 246 g/mol. The number of nitrogen functional groups attached to an aromatic ring is 1. The number of nitrogens with zero attached hydrogens (tertiary/aromatic N) is 2. The number of carbonyl (C=O) groups excluding carboxylic acids is 1. The summed E-state index contributed by atoms with van der Waals surface area (Å²) in [6.07, 6.45) is 0.817. The molecule has 0 fully saturated rings. The van der Waals surface area contributed by atoms with E-state index in [0.29, 0.717) is 18.8 Å². The number of benzene rings is 1. The van der Waals surface area contributed by atoms with Crippen LogP contribution in [0.2, 0.25) is 0 Å². The molecule has 0 spiro atoms. The lowest BCUT2D eigenvalue weighted by Gasteiger charge is -2.29. The van der Waals surface area contributed by atoms with Crippen molar-refractivity contribution in [1.29, 1.82) is 0 Å². The molecule has 2 heterocycles. The first kappa shape index (κ1) is 11.2. The number of carbonyl (C=O) groups is 1. The van der Waals surface area contributed by atoms with Crippen LogP contribution < -0.4 is 5.73 Å². The molecular formula is C13H13N3OS. The van der Waals surface area contributed by atoms with Gasteiger partial charge in [0, 0.05) is 24.2 Å². The van der Waals surface area contributed by atoms with Gasteiger partial charge in [0.25, 0.3) is 5.91 Å². The Kier molecular flexibility index (Phi) is 2.76. The summed E-state index contributed by atoms with van der Waals surface area (Å²) in [6.45, 7) is 1.33. The van der Waals surface area contributed by atoms with Crippen molar-refractivity contribution in [3.63, 3.8) is 0 Å². The monoisotopic (exact) mass is 259 g/mol. The van der Waals surface area contributed by atoms with Crippen molar-refractivity contribution in [2.45, 2.75) is 13.0 Å². The van der Waals surface area contributed by atoms with Crippen LogP contribution in [-0.2, 0) is 13.0 Å². The third-order valence-corrected chi connectivity index (χ3v) is 3.83. The molecule has 0 bridgehead atoms. The summed E-state index contributed by atoms with van der Waals surface area (Å²) in [5, 5.41) is 1.79. The average molecular weight is 259 g/mol. The molecule has 3 rings (SSSR count). The topological polar surface area (TPSA) is 59.2 Å². The van der Waals surface area contributed by atoms with Crippen LogP contribution in [0.5, 0.6) is 0 Å². The van der Waals surface area contributed by atoms with E-state index in [-0.39, 0.29) is 5.91 Å². The summed E-state index contributed by atoms with van der Waals surface area (Å²) < 4.78 is 0. The third kappa shape index (κ3) is 1.86. The number of nitrogens with two attached hydrogens (primary N) is 1. The highest BCUT2D eigenvalue weighted by Crippen LogP contribution is 2.24. The van der Waals surface area contributed by atoms with Crippen LogP contribution in [0, 0.1) is 0 Å². The van der Waals surface area contributed by atoms with Crippen molar-refractivity contribution in [3.8, 4) is 0 Å². The second-order valence-corrected chi connectivity index (χ2v) is 5.05. The third-order valence-electron chi connectivity index (χ3n) is 3.24. The number of hydrogen-bond acceptors (Lipinski definition) is 4. The Balaban J connectivity index is 1.85. The first-order chi connectivity index (χ1) is 8.75. The van der Waals surface area contributed by atoms with E-state index in [1.165, 1.54) is 16.9 Å². The Morgan fingerprint density at radius 3 is 3.11 bits per heavy atom. The highest BCUT2D eigenvalue weighted by atomic mass is 32.1. The average Bonchev–Trinajstić information content (AvgIpc) is 2.91. The van der Waals surface area contributed by atoms with Crippen LogP contribution in [0.25, 0.3) is 0 Å². The van der Waals surface area contributed by atoms with E-state index < -0.39 is 0 Å². The van der Waals surface area contributed by atoms with Gasteiger partial charge in [-0.3, -0.25) is 4.79 Å². The van der Waals surface area contributed by atoms with Gasteiger partial charge in [0.15, 0.2) is 0 Å². The second kappa shape index (κ2) is 4.42. The maximum absolute atomic E-state index is 12.2. The van der Waals surface area contributed by atoms with Gasteiger partial charge in [0.1, 0.15) is 5.69 Å². The Hall–Kier alpha value is -1.88. The van der Waals surface area contributed by atoms with Crippen LogP contribution in [0.15, 0.2) is 29.1 Å². The van der Waals surface area contributed by atoms with E-state index in [0.717, 1.165) is 17.7 Å². The van der Waals surface area contributed by atoms with Gasteiger partial charge in [-0.2, -0.15) is 0 Å². The van der Waals surface area contributed by atoms with Gasteiger partial charge in [0.2, 0.25) is 0 Å². The predicted octanol–water partition coefficient (Wildman–Crippen LogP) is 1.92. The maximum atomic E-state index is 12.2. The molecule has 1 aromatic carbocycles. The molecule has 1 amide bonds. The van der Waals surface area contributed by atoms with Crippen LogP contribution >= 0.6 is 11.3 Å². The summed E-state index contributed by atoms with van der Waals surface area (Å²) in [5.41, 5.74) is 11.3. The van der Waals surface area contributed by atoms with E-state index in [4.69, 9.17) is 5.73 Å². The molecule has 1 aliphatic heterocycles. The Morgan fingerprint density at radius 2 is 2.33 bits per heavy atom. The largest absolute Gasteiger partial charge is 0.398 e. The summed E-state index contributed by atoms with van der Waals surface area (Å²) in [6, 6.07) is 5.88. The van der Waals surface area contributed by atoms with Crippen molar-refractivity contribution in [2.24, 2.45) is 0 Å². The van der Waals surface area contributed by atoms with E-state index in [1.807, 2.05) is 23.1 Å². The fourth-order valence-corrected chi connectivity index (χ4v) is 2.82. The highest BCUT2D eigenvalue weighted by molar-refractivity contribution is 7.07. The van der Waals surface area contributed by atoms with E-state index in [1.54, 1.807) is 10.9 Å². The van der Waals surface area contributed by atoms with Crippen molar-refractivity contribution in [3.05, 3.63) is 45.9 Å². The van der Waals surface area contributed by atoms with E-state index in [2.05, 4.69) is 4.98 Å². The maximum Gasteiger partial charge on any atom is 0.273 e. The minimum absolute atomic E-state index is 0.00400. The van der Waals surface area contributed by atoms with Crippen molar-refractivity contribution >= 4 is 22.9 Å². The molecule has 0 aliphatic carbocycles. The number of rotatable bonds is 1. The molecule has 1 aromatic heterocycles. The van der Waals surface area contributed by atoms with Gasteiger partial charge in [-0.05, 0) is 23.6 Å². The molecule has 5 heteroatoms. The van der Waals surface area contributed by atoms with Crippen molar-refractivity contribution in [1.82, 2.24) is 9.88 Å². The number of fused-ring (bicyclic) bond motifs is 1. The van der Waals surface area contributed by atoms with Gasteiger partial charge in [-0.1, -0.05) is 12.1 Å². The lowest BCUT2D eigenvalue weighted by Crippen LogP contribution is -2.36. The minimum atomic E-state index is 0.00400. The van der Waals surface area contributed by atoms with Crippen LogP contribution in [0.3, 0.4) is 0 Å². The quantitative estimate of drug-likeness (QED) is 0.796. The molecule has 0 saturated carbocycles. The Morgan fingerprint density at radius 1 is 1.44 bits per heavy atom. The second-order valence-electron chi connectivity index (χ2n) is 4.34. The molecule has 18 heavy (non-hydrogen) atoms. The molecule has 0 radical (unpaired) electrons. The zero-order valence-corrected chi connectivity index (χ0v) is 10.6. The summed E-state index contributed by atoms with van der Waals surface area (Å²) in [4.78, 5) is 18.1. The fraction of sp³-hybridized carbons (Fsp3) is 0.231. The van der Waals surface area contributed by atoms with Crippen LogP contribution in [-0.4, -0.2) is 22.3 Å². The van der Waals surface area contributed by atoms with Gasteiger partial charge < -0.3 is 10.6 Å². The molecule has 1 aliphatic rings. The lowest BCUT2D eigenvalue weighted by molar-refractivity contribution is 0.0729. The first-order valence-corrected chi connectivity index (χ1v) is 6.73. The van der Waals surface area contributed by atoms with Crippen LogP contribution in [0.4, 0.5) is 5.69 Å². The van der Waals surface area contributed by atoms with Gasteiger partial charge in [0.05, 0.1) is 5.51 Å². The minimum Gasteiger partial charge on any atom is -0.398 e. The SMILES string of the molecule is Nc1cccc2c1CCN(C(=O)c1cscn1)C2. The summed E-state index contributed by atoms with van der Waals surface area (Å²) >= 11 is 1.44. The highest BCUT2D eigenvalue weighted by Gasteiger charge is 2.23. The molecule has 0 unspecified atom stereocenters. The van der Waals surface area contributed by atoms with Crippen LogP contribution in [0.1, 0.15) is 21.6 Å². The van der Waals surface area contributed by atoms with Gasteiger partial charge in [-0.15, -0.1) is 11.3 Å². The molecule has 4 nitrogen and oxygen atoms in total. The summed E-state index contributed by atoms with van der Waals surface area (Å²) in [5.74, 6) is 0.00400. The first-order valence-electron chi connectivity index (χ1n) is 5.79. The van der Waals surface area contributed by atoms with Gasteiger partial charge in [-0.25, -0.2) is 4.98 Å². The van der Waals surface area contributed by atoms with Crippen molar-refractivity contribution < 1.29 is 4.79 Å². The molecule has 0 atom stereocenters. The number of anilines is 1. The predicted molar refractivity (Wildman–Crippen MR) is 71.4 cm³/mol. The molecule has 92 valence electrons. The number of hydrogen-bond donors (Lipinski definition) is 1. The fourth-order valence-electron chi connectivity index (χ4n) is 2.29. The number of aromatic nitrogens is 1.